The lowest BCUT2D eigenvalue weighted by Gasteiger charge is -2.59. The average molecular weight is 1350 g/mol. The van der Waals surface area contributed by atoms with Gasteiger partial charge in [0.05, 0.1) is 42.3 Å². The molecule has 95 heavy (non-hydrogen) atoms. The van der Waals surface area contributed by atoms with Crippen molar-refractivity contribution in [2.75, 3.05) is 24.7 Å². The van der Waals surface area contributed by atoms with Crippen LogP contribution in [0.15, 0.2) is 122 Å². The minimum atomic E-state index is -1.17. The van der Waals surface area contributed by atoms with E-state index in [9.17, 15) is 35.1 Å². The van der Waals surface area contributed by atoms with Crippen LogP contribution in [0.4, 0.5) is 0 Å². The number of aromatic hydroxyl groups is 2. The maximum atomic E-state index is 14.8. The van der Waals surface area contributed by atoms with E-state index in [1.807, 2.05) is 53.3 Å². The molecular weight excluding hydrogens is 1260 g/mol. The minimum Gasteiger partial charge on any atom is -0.508 e. The van der Waals surface area contributed by atoms with Crippen LogP contribution in [0.3, 0.4) is 0 Å². The summed E-state index contributed by atoms with van der Waals surface area (Å²) in [6, 6.07) is 25.7. The second-order valence-electron chi connectivity index (χ2n) is 31.0. The smallest absolute Gasteiger partial charge is 0.165 e. The Morgan fingerprint density at radius 2 is 1.54 bits per heavy atom. The van der Waals surface area contributed by atoms with E-state index < -0.39 is 34.1 Å². The fourth-order valence-electron chi connectivity index (χ4n) is 22.0. The van der Waals surface area contributed by atoms with Crippen LogP contribution in [-0.2, 0) is 36.2 Å². The first-order valence-corrected chi connectivity index (χ1v) is 40.3. The van der Waals surface area contributed by atoms with E-state index in [2.05, 4.69) is 77.5 Å². The van der Waals surface area contributed by atoms with E-state index in [4.69, 9.17) is 16.2 Å². The zero-order valence-corrected chi connectivity index (χ0v) is 57.6. The number of aliphatic hydroxyl groups excluding tert-OH is 1. The lowest BCUT2D eigenvalue weighted by molar-refractivity contribution is -0.168. The molecule has 0 radical (unpaired) electrons. The van der Waals surface area contributed by atoms with Crippen molar-refractivity contribution in [3.05, 3.63) is 183 Å². The Morgan fingerprint density at radius 1 is 0.705 bits per heavy atom. The second kappa shape index (κ2) is 25.2. The number of H-pyrrole nitrogens is 1. The SMILES string of the molecule is NC(N)c1cc2c3cc1CSSC[C@H]1C[C@@]4(/C=C/C(=O)CCc5ccc(O)c(c5)OCCc5ccc(O)c(c5)[C@H]3CC(=O)c3cc[nH]c3CC#C2)C[C@]1(O)[C@H]1C=C[C@H]4C[C@@]23C=C[C@@]4(CC[C@H]5CC[C@H]6[C@H](CCC67CCCC7)[C@]5(O)C2)[C@@H](CSS1)[C@H](CO)c1ccccc1C[C@@H]34. The van der Waals surface area contributed by atoms with Crippen LogP contribution in [0.2, 0.25) is 0 Å². The zero-order chi connectivity index (χ0) is 65.1. The highest BCUT2D eigenvalue weighted by molar-refractivity contribution is 8.77. The molecule has 2 aliphatic heterocycles. The number of hydrogen-bond donors (Lipinski definition) is 8. The number of carbonyl (C=O) groups excluding carboxylic acids is 2. The number of Topliss-reactive ketones (excluding diaryl/α,β-unsaturated/α-hetero) is 1. The number of nitrogens with one attached hydrogen (secondary N) is 1. The van der Waals surface area contributed by atoms with Gasteiger partial charge in [-0.05, 0) is 228 Å². The molecule has 16 rings (SSSR count). The van der Waals surface area contributed by atoms with Gasteiger partial charge in [-0.3, -0.25) is 9.59 Å². The van der Waals surface area contributed by atoms with Crippen molar-refractivity contribution < 1.29 is 39.9 Å². The molecule has 4 aromatic carbocycles. The van der Waals surface area contributed by atoms with Crippen LogP contribution in [-0.4, -0.2) is 83.3 Å². The summed E-state index contributed by atoms with van der Waals surface area (Å²) in [6.07, 6.45) is 31.9. The van der Waals surface area contributed by atoms with Gasteiger partial charge in [0.2, 0.25) is 0 Å². The quantitative estimate of drug-likeness (QED) is 0.0358. The molecule has 15 atom stereocenters. The summed E-state index contributed by atoms with van der Waals surface area (Å²) in [4.78, 5) is 32.7. The van der Waals surface area contributed by atoms with Crippen LogP contribution >= 0.6 is 43.2 Å². The van der Waals surface area contributed by atoms with Gasteiger partial charge in [-0.1, -0.05) is 147 Å². The third kappa shape index (κ3) is 11.1. The summed E-state index contributed by atoms with van der Waals surface area (Å²) in [5.74, 6) is 9.34. The van der Waals surface area contributed by atoms with Crippen molar-refractivity contribution in [3.8, 4) is 29.1 Å². The number of ether oxygens (including phenoxy) is 1. The third-order valence-corrected chi connectivity index (χ3v) is 31.8. The molecule has 15 heteroatoms. The number of nitrogens with two attached hydrogens (primary N) is 2. The number of aliphatic hydroxyl groups is 3. The fourth-order valence-corrected chi connectivity index (χ4v) is 27.9. The maximum absolute atomic E-state index is 14.8. The Kier molecular flexibility index (Phi) is 17.2. The van der Waals surface area contributed by atoms with Crippen molar-refractivity contribution in [2.24, 2.45) is 74.6 Å². The average Bonchev–Trinajstić information content (AvgIpc) is 1.54. The molecule has 1 aromatic heterocycles. The summed E-state index contributed by atoms with van der Waals surface area (Å²) in [6.45, 7) is 0.265. The number of benzene rings is 4. The van der Waals surface area contributed by atoms with Gasteiger partial charge in [-0.2, -0.15) is 0 Å². The van der Waals surface area contributed by atoms with E-state index in [0.29, 0.717) is 83.8 Å². The first-order valence-electron chi connectivity index (χ1n) is 35.4. The molecule has 3 heterocycles. The highest BCUT2D eigenvalue weighted by Gasteiger charge is 2.69. The Morgan fingerprint density at radius 3 is 2.39 bits per heavy atom. The molecule has 5 fully saturated rings. The lowest BCUT2D eigenvalue weighted by Crippen LogP contribution is -2.58. The van der Waals surface area contributed by atoms with Crippen molar-refractivity contribution >= 4 is 54.7 Å². The highest BCUT2D eigenvalue weighted by atomic mass is 33.1. The van der Waals surface area contributed by atoms with Gasteiger partial charge in [-0.15, -0.1) is 0 Å². The summed E-state index contributed by atoms with van der Waals surface area (Å²) >= 11 is 0. The van der Waals surface area contributed by atoms with Crippen LogP contribution in [0.1, 0.15) is 187 Å². The van der Waals surface area contributed by atoms with E-state index in [0.717, 1.165) is 77.8 Å². The molecule has 498 valence electrons. The molecule has 0 amide bonds. The monoisotopic (exact) mass is 1350 g/mol. The molecular formula is C80H91N3O8S4. The predicted molar refractivity (Wildman–Crippen MR) is 382 cm³/mol. The van der Waals surface area contributed by atoms with Crippen molar-refractivity contribution in [1.82, 2.24) is 4.98 Å². The van der Waals surface area contributed by atoms with E-state index in [-0.39, 0.29) is 101 Å². The molecule has 0 unspecified atom stereocenters. The number of fused-ring (bicyclic) bond motifs is 18. The van der Waals surface area contributed by atoms with E-state index >= 15 is 0 Å². The number of rotatable bonds is 2. The van der Waals surface area contributed by atoms with Gasteiger partial charge < -0.3 is 46.7 Å². The van der Waals surface area contributed by atoms with Gasteiger partial charge in [-0.25, -0.2) is 0 Å². The Hall–Kier alpha value is -5.12. The molecule has 10 N–H and O–H groups in total. The van der Waals surface area contributed by atoms with Crippen molar-refractivity contribution in [1.29, 1.82) is 0 Å². The van der Waals surface area contributed by atoms with Crippen molar-refractivity contribution in [3.63, 3.8) is 0 Å². The molecule has 2 spiro atoms. The number of hydrogen-bond acceptors (Lipinski definition) is 14. The molecule has 11 aliphatic rings. The molecule has 0 saturated heterocycles. The number of aryl methyl sites for hydroxylation is 1. The van der Waals surface area contributed by atoms with Gasteiger partial charge in [0.1, 0.15) is 5.75 Å². The zero-order valence-electron chi connectivity index (χ0n) is 54.3. The molecule has 5 aromatic rings. The number of carbonyl (C=O) groups is 2. The largest absolute Gasteiger partial charge is 0.508 e. The summed E-state index contributed by atoms with van der Waals surface area (Å²) in [5.41, 5.74) is 19.8. The maximum Gasteiger partial charge on any atom is 0.165 e. The first kappa shape index (κ1) is 64.5. The van der Waals surface area contributed by atoms with Gasteiger partial charge in [0.15, 0.2) is 23.1 Å². The van der Waals surface area contributed by atoms with E-state index in [1.54, 1.807) is 50.7 Å². The highest BCUT2D eigenvalue weighted by Crippen LogP contribution is 2.74. The normalized spacial score (nSPS) is 36.6. The Bertz CT molecular complexity index is 3990. The third-order valence-electron chi connectivity index (χ3n) is 26.6. The molecule has 5 saturated carbocycles. The van der Waals surface area contributed by atoms with Gasteiger partial charge >= 0.3 is 0 Å². The number of aromatic amines is 1. The lowest BCUT2D eigenvalue weighted by atomic mass is 9.47. The first-order chi connectivity index (χ1) is 46.0. The minimum absolute atomic E-state index is 0.00180. The molecule has 9 aliphatic carbocycles. The Balaban J connectivity index is 0.807. The number of allylic oxidation sites excluding steroid dienone is 5. The Labute approximate surface area is 575 Å². The number of phenols is 2. The molecule has 15 bridgehead atoms. The second-order valence-corrected chi connectivity index (χ2v) is 36.0. The van der Waals surface area contributed by atoms with Crippen LogP contribution in [0.25, 0.3) is 0 Å². The van der Waals surface area contributed by atoms with Crippen LogP contribution in [0, 0.1) is 74.9 Å². The molecule has 11 nitrogen and oxygen atoms in total. The summed E-state index contributed by atoms with van der Waals surface area (Å²) in [7, 11) is 7.14. The fraction of sp³-hybridized carbons (Fsp3) is 0.525. The van der Waals surface area contributed by atoms with Gasteiger partial charge in [0.25, 0.3) is 0 Å². The predicted octanol–water partition coefficient (Wildman–Crippen LogP) is 14.7. The topological polar surface area (TPSA) is 212 Å². The van der Waals surface area contributed by atoms with Crippen LogP contribution in [0.5, 0.6) is 17.2 Å². The van der Waals surface area contributed by atoms with E-state index in [1.165, 1.54) is 49.7 Å². The van der Waals surface area contributed by atoms with Gasteiger partial charge in [0, 0.05) is 76.9 Å². The number of phenolic OH excluding ortho intramolecular Hbond substituents is 2. The van der Waals surface area contributed by atoms with Crippen LogP contribution < -0.4 is 16.2 Å². The standard InChI is InChI=1S/C80H91N3O8S4/c81-74(82)60-36-50-7-5-9-67-58(23-32-83-67)70(88)39-61-59(50)37-52(60)43-92-93-44-55-41-76(27-21-56(85)15-10-48-12-18-69(87)71(35-48)91-33-24-49-11-17-68(86)62(61)34-49)46-80(55,90)73-19-14-54(76)40-77-30-31-78(66(45-94-95-73)63(42-84)57-8-2-1-6-51(57)38-72(77)78)29-20-53-13-16-64-65(79(53,89)47-77)22-28-75(64)25-3-4-26-75/h1-2,6,8,11-12,14,17-19,21,23,27,30-32,34-37,53-55,61,63-66,72-74,83-84,86-87,89-90H,3-4,9-10,13,15-16,20,22,24-26,28-29,33,38-47,81-82H2/b27-21+/t53-,54+,55-,61+,63-,64+,65+,66+,72+,73-,76+,77+,78+,79+,80-/m1/s1. The number of ketones is 2. The summed E-state index contributed by atoms with van der Waals surface area (Å²) in [5, 5.41) is 63.4. The summed E-state index contributed by atoms with van der Waals surface area (Å²) < 4.78 is 6.35. The van der Waals surface area contributed by atoms with Crippen molar-refractivity contribution in [2.45, 2.75) is 169 Å². The number of aromatic nitrogens is 1.